The lowest BCUT2D eigenvalue weighted by molar-refractivity contribution is -0.133. The van der Waals surface area contributed by atoms with Crippen LogP contribution in [0.1, 0.15) is 36.2 Å². The highest BCUT2D eigenvalue weighted by molar-refractivity contribution is 7.12. The van der Waals surface area contributed by atoms with Crippen molar-refractivity contribution in [2.75, 3.05) is 47.6 Å². The zero-order valence-electron chi connectivity index (χ0n) is 20.1. The number of hydrogen-bond acceptors (Lipinski definition) is 7. The minimum absolute atomic E-state index is 0.122. The summed E-state index contributed by atoms with van der Waals surface area (Å²) in [7, 11) is 4.75. The van der Waals surface area contributed by atoms with Crippen LogP contribution in [0.4, 0.5) is 4.79 Å². The van der Waals surface area contributed by atoms with Crippen molar-refractivity contribution in [1.29, 1.82) is 0 Å². The van der Waals surface area contributed by atoms with Crippen LogP contribution in [0.15, 0.2) is 40.8 Å². The molecule has 0 bridgehead atoms. The predicted octanol–water partition coefficient (Wildman–Crippen LogP) is 3.51. The third kappa shape index (κ3) is 6.06. The van der Waals surface area contributed by atoms with E-state index in [1.54, 1.807) is 32.7 Å². The molecule has 0 spiro atoms. The topological polar surface area (TPSA) is 92.7 Å². The number of carbonyl (C=O) groups excluding carboxylic acids is 2. The van der Waals surface area contributed by atoms with Gasteiger partial charge in [0.1, 0.15) is 18.0 Å². The Morgan fingerprint density at radius 2 is 2.06 bits per heavy atom. The molecule has 1 N–H and O–H groups in total. The zero-order valence-corrected chi connectivity index (χ0v) is 20.9. The maximum absolute atomic E-state index is 13.5. The van der Waals surface area contributed by atoms with Crippen LogP contribution in [0.5, 0.6) is 11.5 Å². The second-order valence-electron chi connectivity index (χ2n) is 7.74. The van der Waals surface area contributed by atoms with Gasteiger partial charge in [0.15, 0.2) is 0 Å². The minimum Gasteiger partial charge on any atom is -0.497 e. The largest absolute Gasteiger partial charge is 0.497 e. The van der Waals surface area contributed by atoms with Crippen LogP contribution in [-0.4, -0.2) is 75.1 Å². The Hall–Kier alpha value is -3.11. The first kappa shape index (κ1) is 25.5. The quantitative estimate of drug-likeness (QED) is 0.523. The van der Waals surface area contributed by atoms with E-state index in [1.165, 1.54) is 9.91 Å². The molecule has 0 fully saturated rings. The first-order valence-electron chi connectivity index (χ1n) is 11.2. The Morgan fingerprint density at radius 3 is 2.71 bits per heavy atom. The second-order valence-corrected chi connectivity index (χ2v) is 8.68. The molecule has 0 unspecified atom stereocenters. The number of hydrogen-bond donors (Lipinski definition) is 1. The average molecular weight is 489 g/mol. The number of nitrogens with one attached hydrogen (secondary N) is 1. The van der Waals surface area contributed by atoms with E-state index in [2.05, 4.69) is 5.32 Å². The Bertz CT molecular complexity index is 995. The van der Waals surface area contributed by atoms with E-state index in [4.69, 9.17) is 19.3 Å². The van der Waals surface area contributed by atoms with Crippen LogP contribution in [0.25, 0.3) is 0 Å². The minimum atomic E-state index is -0.391. The van der Waals surface area contributed by atoms with Gasteiger partial charge in [-0.25, -0.2) is 9.80 Å². The van der Waals surface area contributed by atoms with Crippen molar-refractivity contribution in [3.8, 4) is 11.5 Å². The Morgan fingerprint density at radius 1 is 1.24 bits per heavy atom. The molecule has 1 aliphatic rings. The summed E-state index contributed by atoms with van der Waals surface area (Å²) in [5, 5.41) is 11.0. The van der Waals surface area contributed by atoms with Crippen LogP contribution in [-0.2, 0) is 9.53 Å². The summed E-state index contributed by atoms with van der Waals surface area (Å²) in [6, 6.07) is 8.76. The van der Waals surface area contributed by atoms with Crippen molar-refractivity contribution >= 4 is 29.0 Å². The molecule has 2 heterocycles. The van der Waals surface area contributed by atoms with Gasteiger partial charge in [-0.05, 0) is 36.1 Å². The molecule has 9 nitrogen and oxygen atoms in total. The maximum atomic E-state index is 13.5. The van der Waals surface area contributed by atoms with Crippen molar-refractivity contribution in [2.45, 2.75) is 25.8 Å². The first-order valence-corrected chi connectivity index (χ1v) is 12.1. The molecule has 1 aromatic heterocycles. The van der Waals surface area contributed by atoms with E-state index in [9.17, 15) is 9.59 Å². The standard InChI is InChI=1S/C24H32N4O5S/c1-5-10-25-24(30)27(11-12-31-2)16-23(29)28-20(15-19(26-28)22-7-6-13-34-22)18-14-17(32-3)8-9-21(18)33-4/h6-9,13-14,20H,5,10-12,15-16H2,1-4H3,(H,25,30)/t20-/m0/s1. The van der Waals surface area contributed by atoms with Crippen molar-refractivity contribution in [2.24, 2.45) is 5.10 Å². The van der Waals surface area contributed by atoms with Crippen molar-refractivity contribution < 1.29 is 23.8 Å². The Balaban J connectivity index is 1.92. The van der Waals surface area contributed by atoms with E-state index in [0.29, 0.717) is 37.6 Å². The van der Waals surface area contributed by atoms with Gasteiger partial charge in [-0.15, -0.1) is 11.3 Å². The number of amides is 3. The predicted molar refractivity (Wildman–Crippen MR) is 132 cm³/mol. The van der Waals surface area contributed by atoms with Gasteiger partial charge < -0.3 is 24.4 Å². The van der Waals surface area contributed by atoms with Gasteiger partial charge in [-0.3, -0.25) is 4.79 Å². The third-order valence-electron chi connectivity index (χ3n) is 5.47. The van der Waals surface area contributed by atoms with Gasteiger partial charge >= 0.3 is 6.03 Å². The van der Waals surface area contributed by atoms with E-state index in [-0.39, 0.29) is 18.5 Å². The van der Waals surface area contributed by atoms with Gasteiger partial charge in [0, 0.05) is 32.2 Å². The Kier molecular flexibility index (Phi) is 9.29. The molecule has 0 aliphatic carbocycles. The number of rotatable bonds is 11. The average Bonchev–Trinajstić information content (AvgIpc) is 3.54. The molecule has 2 aromatic rings. The van der Waals surface area contributed by atoms with E-state index < -0.39 is 6.04 Å². The van der Waals surface area contributed by atoms with Gasteiger partial charge in [-0.1, -0.05) is 13.0 Å². The SMILES string of the molecule is CCCNC(=O)N(CCOC)CC(=O)N1N=C(c2cccs2)C[C@H]1c1cc(OC)ccc1OC. The van der Waals surface area contributed by atoms with Crippen LogP contribution < -0.4 is 14.8 Å². The van der Waals surface area contributed by atoms with Crippen LogP contribution in [0.2, 0.25) is 0 Å². The van der Waals surface area contributed by atoms with Gasteiger partial charge in [0.25, 0.3) is 5.91 Å². The summed E-state index contributed by atoms with van der Waals surface area (Å²) in [4.78, 5) is 28.7. The number of hydrazone groups is 1. The number of nitrogens with zero attached hydrogens (tertiary/aromatic N) is 3. The summed E-state index contributed by atoms with van der Waals surface area (Å²) < 4.78 is 16.2. The molecule has 1 aromatic carbocycles. The van der Waals surface area contributed by atoms with Crippen molar-refractivity contribution in [1.82, 2.24) is 15.2 Å². The van der Waals surface area contributed by atoms with Crippen LogP contribution in [0, 0.1) is 0 Å². The molecule has 3 rings (SSSR count). The van der Waals surface area contributed by atoms with E-state index in [0.717, 1.165) is 22.6 Å². The number of methoxy groups -OCH3 is 3. The lowest BCUT2D eigenvalue weighted by Gasteiger charge is -2.27. The fraction of sp³-hybridized carbons (Fsp3) is 0.458. The van der Waals surface area contributed by atoms with Crippen molar-refractivity contribution in [3.05, 3.63) is 46.2 Å². The summed E-state index contributed by atoms with van der Waals surface area (Å²) >= 11 is 1.57. The molecular formula is C24H32N4O5S. The van der Waals surface area contributed by atoms with E-state index >= 15 is 0 Å². The van der Waals surface area contributed by atoms with Gasteiger partial charge in [-0.2, -0.15) is 5.10 Å². The monoisotopic (exact) mass is 488 g/mol. The number of thiophene rings is 1. The normalized spacial score (nSPS) is 15.1. The van der Waals surface area contributed by atoms with Gasteiger partial charge in [0.2, 0.25) is 0 Å². The molecule has 3 amide bonds. The molecule has 0 saturated carbocycles. The molecule has 10 heteroatoms. The first-order chi connectivity index (χ1) is 16.5. The Labute approximate surface area is 204 Å². The van der Waals surface area contributed by atoms with Gasteiger partial charge in [0.05, 0.1) is 37.5 Å². The maximum Gasteiger partial charge on any atom is 0.317 e. The molecule has 184 valence electrons. The highest BCUT2D eigenvalue weighted by Crippen LogP contribution is 2.39. The van der Waals surface area contributed by atoms with Crippen LogP contribution >= 0.6 is 11.3 Å². The lowest BCUT2D eigenvalue weighted by Crippen LogP contribution is -2.47. The second kappa shape index (κ2) is 12.4. The fourth-order valence-corrected chi connectivity index (χ4v) is 4.43. The summed E-state index contributed by atoms with van der Waals surface area (Å²) in [6.07, 6.45) is 1.33. The fourth-order valence-electron chi connectivity index (χ4n) is 3.71. The number of urea groups is 1. The highest BCUT2D eigenvalue weighted by atomic mass is 32.1. The molecule has 0 saturated heterocycles. The summed E-state index contributed by atoms with van der Waals surface area (Å²) in [5.74, 6) is 1.01. The smallest absolute Gasteiger partial charge is 0.317 e. The summed E-state index contributed by atoms with van der Waals surface area (Å²) in [6.45, 7) is 3.00. The van der Waals surface area contributed by atoms with Crippen LogP contribution in [0.3, 0.4) is 0 Å². The summed E-state index contributed by atoms with van der Waals surface area (Å²) in [5.41, 5.74) is 1.61. The number of ether oxygens (including phenoxy) is 3. The molecular weight excluding hydrogens is 456 g/mol. The lowest BCUT2D eigenvalue weighted by atomic mass is 9.99. The third-order valence-corrected chi connectivity index (χ3v) is 6.39. The molecule has 0 radical (unpaired) electrons. The van der Waals surface area contributed by atoms with Crippen molar-refractivity contribution in [3.63, 3.8) is 0 Å². The molecule has 1 aliphatic heterocycles. The number of carbonyl (C=O) groups is 2. The zero-order chi connectivity index (χ0) is 24.5. The highest BCUT2D eigenvalue weighted by Gasteiger charge is 2.36. The molecule has 34 heavy (non-hydrogen) atoms. The molecule has 1 atom stereocenters. The van der Waals surface area contributed by atoms with E-state index in [1.807, 2.05) is 42.6 Å². The number of benzene rings is 1.